The standard InChI is InChI=1S/C25H23NO5S/c1-16-4-8-18(9-5-16)31-13-12-26-24(27)23(32-25(26)28)15-21-20-14-19(29-2)10-6-17(20)7-11-22(21)30-3/h4-11,14-15H,12-13H2,1-3H3/b23-15-. The molecule has 7 heteroatoms. The number of fused-ring (bicyclic) bond motifs is 1. The van der Waals surface area contributed by atoms with Gasteiger partial charge < -0.3 is 14.2 Å². The van der Waals surface area contributed by atoms with Gasteiger partial charge in [0, 0.05) is 5.56 Å². The molecule has 164 valence electrons. The number of benzene rings is 3. The van der Waals surface area contributed by atoms with Crippen molar-refractivity contribution >= 4 is 39.8 Å². The lowest BCUT2D eigenvalue weighted by atomic mass is 10.0. The molecule has 0 aliphatic carbocycles. The number of methoxy groups -OCH3 is 2. The third-order valence-corrected chi connectivity index (χ3v) is 6.11. The van der Waals surface area contributed by atoms with Crippen LogP contribution in [-0.2, 0) is 4.79 Å². The highest BCUT2D eigenvalue weighted by Gasteiger charge is 2.35. The zero-order valence-corrected chi connectivity index (χ0v) is 18.9. The van der Waals surface area contributed by atoms with Gasteiger partial charge in [0.15, 0.2) is 0 Å². The first-order valence-electron chi connectivity index (χ1n) is 10.1. The van der Waals surface area contributed by atoms with Crippen LogP contribution >= 0.6 is 11.8 Å². The van der Waals surface area contributed by atoms with E-state index >= 15 is 0 Å². The predicted molar refractivity (Wildman–Crippen MR) is 126 cm³/mol. The molecule has 6 nitrogen and oxygen atoms in total. The van der Waals surface area contributed by atoms with Gasteiger partial charge in [-0.15, -0.1) is 0 Å². The molecule has 1 aliphatic heterocycles. The summed E-state index contributed by atoms with van der Waals surface area (Å²) in [6.07, 6.45) is 1.71. The van der Waals surface area contributed by atoms with E-state index in [-0.39, 0.29) is 24.3 Å². The van der Waals surface area contributed by atoms with E-state index in [1.54, 1.807) is 20.3 Å². The van der Waals surface area contributed by atoms with E-state index in [2.05, 4.69) is 0 Å². The van der Waals surface area contributed by atoms with Gasteiger partial charge >= 0.3 is 0 Å². The first-order valence-corrected chi connectivity index (χ1v) is 10.9. The highest BCUT2D eigenvalue weighted by atomic mass is 32.2. The van der Waals surface area contributed by atoms with Crippen LogP contribution in [0.1, 0.15) is 11.1 Å². The Hall–Kier alpha value is -3.45. The van der Waals surface area contributed by atoms with E-state index in [4.69, 9.17) is 14.2 Å². The van der Waals surface area contributed by atoms with E-state index in [9.17, 15) is 9.59 Å². The fourth-order valence-electron chi connectivity index (χ4n) is 3.47. The Balaban J connectivity index is 1.57. The van der Waals surface area contributed by atoms with Gasteiger partial charge in [-0.1, -0.05) is 29.8 Å². The minimum atomic E-state index is -0.338. The smallest absolute Gasteiger partial charge is 0.293 e. The zero-order chi connectivity index (χ0) is 22.7. The van der Waals surface area contributed by atoms with Crippen LogP contribution in [-0.4, -0.2) is 43.4 Å². The first-order chi connectivity index (χ1) is 15.5. The molecule has 32 heavy (non-hydrogen) atoms. The van der Waals surface area contributed by atoms with Crippen molar-refractivity contribution < 1.29 is 23.8 Å². The fraction of sp³-hybridized carbons (Fsp3) is 0.200. The van der Waals surface area contributed by atoms with E-state index in [0.717, 1.165) is 33.7 Å². The number of hydrogen-bond acceptors (Lipinski definition) is 6. The van der Waals surface area contributed by atoms with Crippen LogP contribution in [0.3, 0.4) is 0 Å². The van der Waals surface area contributed by atoms with Gasteiger partial charge in [-0.3, -0.25) is 14.5 Å². The maximum absolute atomic E-state index is 13.0. The number of aryl methyl sites for hydroxylation is 1. The van der Waals surface area contributed by atoms with Crippen LogP contribution in [0.15, 0.2) is 59.5 Å². The van der Waals surface area contributed by atoms with E-state index in [0.29, 0.717) is 22.2 Å². The van der Waals surface area contributed by atoms with Crippen molar-refractivity contribution in [2.45, 2.75) is 6.92 Å². The molecule has 3 aromatic rings. The molecule has 0 radical (unpaired) electrons. The van der Waals surface area contributed by atoms with Gasteiger partial charge in [0.1, 0.15) is 23.9 Å². The van der Waals surface area contributed by atoms with Gasteiger partial charge in [-0.2, -0.15) is 0 Å². The van der Waals surface area contributed by atoms with Crippen LogP contribution in [0.2, 0.25) is 0 Å². The van der Waals surface area contributed by atoms with Crippen LogP contribution in [0.25, 0.3) is 16.8 Å². The summed E-state index contributed by atoms with van der Waals surface area (Å²) in [5.74, 6) is 1.67. The molecule has 1 fully saturated rings. The van der Waals surface area contributed by atoms with Gasteiger partial charge in [0.2, 0.25) is 0 Å². The number of amides is 2. The predicted octanol–water partition coefficient (Wildman–Crippen LogP) is 5.28. The number of carbonyl (C=O) groups excluding carboxylic acids is 2. The minimum Gasteiger partial charge on any atom is -0.497 e. The molecule has 4 rings (SSSR count). The summed E-state index contributed by atoms with van der Waals surface area (Å²) >= 11 is 0.919. The number of nitrogens with zero attached hydrogens (tertiary/aromatic N) is 1. The van der Waals surface area contributed by atoms with Crippen LogP contribution < -0.4 is 14.2 Å². The summed E-state index contributed by atoms with van der Waals surface area (Å²) in [5, 5.41) is 1.53. The first kappa shape index (κ1) is 21.8. The second-order valence-electron chi connectivity index (χ2n) is 7.26. The maximum Gasteiger partial charge on any atom is 0.293 e. The number of ether oxygens (including phenoxy) is 3. The second kappa shape index (κ2) is 9.36. The van der Waals surface area contributed by atoms with E-state index in [1.807, 2.05) is 61.5 Å². The molecule has 0 unspecified atom stereocenters. The van der Waals surface area contributed by atoms with Crippen molar-refractivity contribution in [1.82, 2.24) is 4.90 Å². The highest BCUT2D eigenvalue weighted by molar-refractivity contribution is 8.18. The van der Waals surface area contributed by atoms with Gasteiger partial charge in [0.05, 0.1) is 25.7 Å². The minimum absolute atomic E-state index is 0.177. The highest BCUT2D eigenvalue weighted by Crippen LogP contribution is 2.37. The average molecular weight is 450 g/mol. The van der Waals surface area contributed by atoms with E-state index in [1.165, 1.54) is 4.90 Å². The molecule has 1 heterocycles. The molecular weight excluding hydrogens is 426 g/mol. The van der Waals surface area contributed by atoms with Gasteiger partial charge in [-0.25, -0.2) is 0 Å². The third kappa shape index (κ3) is 4.43. The quantitative estimate of drug-likeness (QED) is 0.457. The van der Waals surface area contributed by atoms with Crippen molar-refractivity contribution in [3.05, 3.63) is 70.6 Å². The maximum atomic E-state index is 13.0. The molecule has 0 N–H and O–H groups in total. The Bertz CT molecular complexity index is 1200. The SMILES string of the molecule is COc1ccc2ccc(OC)c(/C=C3\SC(=O)N(CCOc4ccc(C)cc4)C3=O)c2c1. The second-order valence-corrected chi connectivity index (χ2v) is 8.26. The molecule has 1 aliphatic rings. The Labute approximate surface area is 190 Å². The molecular formula is C25H23NO5S. The van der Waals surface area contributed by atoms with Crippen molar-refractivity contribution in [2.24, 2.45) is 0 Å². The number of rotatable bonds is 7. The molecule has 0 spiro atoms. The lowest BCUT2D eigenvalue weighted by molar-refractivity contribution is -0.123. The molecule has 0 saturated carbocycles. The summed E-state index contributed by atoms with van der Waals surface area (Å²) < 4.78 is 16.6. The third-order valence-electron chi connectivity index (χ3n) is 5.20. The molecule has 0 bridgehead atoms. The summed E-state index contributed by atoms with van der Waals surface area (Å²) in [7, 11) is 3.18. The lowest BCUT2D eigenvalue weighted by Gasteiger charge is -2.13. The molecule has 2 amide bonds. The van der Waals surface area contributed by atoms with Crippen LogP contribution in [0, 0.1) is 6.92 Å². The summed E-state index contributed by atoms with van der Waals surface area (Å²) in [4.78, 5) is 27.0. The average Bonchev–Trinajstić information content (AvgIpc) is 3.07. The Morgan fingerprint density at radius 1 is 0.938 bits per heavy atom. The van der Waals surface area contributed by atoms with Crippen molar-refractivity contribution in [1.29, 1.82) is 0 Å². The monoisotopic (exact) mass is 449 g/mol. The van der Waals surface area contributed by atoms with E-state index < -0.39 is 0 Å². The molecule has 0 aromatic heterocycles. The Morgan fingerprint density at radius 2 is 1.66 bits per heavy atom. The Morgan fingerprint density at radius 3 is 2.38 bits per heavy atom. The van der Waals surface area contributed by atoms with Gasteiger partial charge in [0.25, 0.3) is 11.1 Å². The normalized spacial score (nSPS) is 15.0. The summed E-state index contributed by atoms with van der Waals surface area (Å²) in [6, 6.07) is 17.1. The zero-order valence-electron chi connectivity index (χ0n) is 18.1. The van der Waals surface area contributed by atoms with Crippen molar-refractivity contribution in [2.75, 3.05) is 27.4 Å². The Kier molecular flexibility index (Phi) is 6.37. The van der Waals surface area contributed by atoms with Gasteiger partial charge in [-0.05, 0) is 65.9 Å². The van der Waals surface area contributed by atoms with Crippen molar-refractivity contribution in [3.8, 4) is 17.2 Å². The largest absolute Gasteiger partial charge is 0.497 e. The van der Waals surface area contributed by atoms with Crippen molar-refractivity contribution in [3.63, 3.8) is 0 Å². The number of hydrogen-bond donors (Lipinski definition) is 0. The lowest BCUT2D eigenvalue weighted by Crippen LogP contribution is -2.32. The molecule has 3 aromatic carbocycles. The topological polar surface area (TPSA) is 65.1 Å². The van der Waals surface area contributed by atoms with Crippen LogP contribution in [0.4, 0.5) is 4.79 Å². The molecule has 1 saturated heterocycles. The molecule has 0 atom stereocenters. The number of imide groups is 1. The number of thioether (sulfide) groups is 1. The summed E-state index contributed by atoms with van der Waals surface area (Å²) in [6.45, 7) is 2.40. The number of carbonyl (C=O) groups is 2. The fourth-order valence-corrected chi connectivity index (χ4v) is 4.32. The van der Waals surface area contributed by atoms with Crippen LogP contribution in [0.5, 0.6) is 17.2 Å². The summed E-state index contributed by atoms with van der Waals surface area (Å²) in [5.41, 5.74) is 1.86.